The molecule has 0 bridgehead atoms. The summed E-state index contributed by atoms with van der Waals surface area (Å²) < 4.78 is 39.5. The number of ether oxygens (including phenoxy) is 2. The fourth-order valence-electron chi connectivity index (χ4n) is 7.06. The highest BCUT2D eigenvalue weighted by Gasteiger charge is 2.62. The highest BCUT2D eigenvalue weighted by molar-refractivity contribution is 7.91. The molecule has 2 saturated carbocycles. The average Bonchev–Trinajstić information content (AvgIpc) is 3.99. The lowest BCUT2D eigenvalue weighted by atomic mass is 9.92. The Bertz CT molecular complexity index is 1840. The average molecular weight is 732 g/mol. The van der Waals surface area contributed by atoms with Crippen molar-refractivity contribution in [2.24, 2.45) is 17.8 Å². The van der Waals surface area contributed by atoms with Crippen LogP contribution in [0.1, 0.15) is 58.8 Å². The first-order valence-corrected chi connectivity index (χ1v) is 18.8. The van der Waals surface area contributed by atoms with Crippen LogP contribution in [0.4, 0.5) is 4.79 Å². The Morgan fingerprint density at radius 1 is 1.14 bits per heavy atom. The van der Waals surface area contributed by atoms with Crippen LogP contribution in [0.5, 0.6) is 11.6 Å². The number of methoxy groups -OCH3 is 1. The molecule has 2 aliphatic heterocycles. The molecule has 16 heteroatoms. The van der Waals surface area contributed by atoms with Crippen molar-refractivity contribution in [3.05, 3.63) is 41.6 Å². The van der Waals surface area contributed by atoms with Crippen LogP contribution in [0.15, 0.2) is 36.5 Å². The van der Waals surface area contributed by atoms with Crippen LogP contribution < -0.4 is 24.8 Å². The molecule has 7 atom stereocenters. The first-order valence-electron chi connectivity index (χ1n) is 16.9. The number of sulfonamides is 1. The Labute approximate surface area is 295 Å². The number of halogens is 1. The van der Waals surface area contributed by atoms with Crippen molar-refractivity contribution in [3.8, 4) is 11.6 Å². The summed E-state index contributed by atoms with van der Waals surface area (Å²) in [6.07, 6.45) is 6.15. The zero-order valence-corrected chi connectivity index (χ0v) is 29.6. The van der Waals surface area contributed by atoms with Gasteiger partial charge < -0.3 is 30.1 Å². The van der Waals surface area contributed by atoms with E-state index >= 15 is 0 Å². The molecule has 4 aliphatic rings. The van der Waals surface area contributed by atoms with Crippen molar-refractivity contribution >= 4 is 56.2 Å². The maximum Gasteiger partial charge on any atom is 0.405 e. The monoisotopic (exact) mass is 731 g/mol. The second-order valence-corrected chi connectivity index (χ2v) is 16.3. The first-order chi connectivity index (χ1) is 23.7. The predicted molar refractivity (Wildman–Crippen MR) is 183 cm³/mol. The third-order valence-corrected chi connectivity index (χ3v) is 12.3. The largest absolute Gasteiger partial charge is 0.494 e. The first kappa shape index (κ1) is 35.7. The number of rotatable bonds is 7. The van der Waals surface area contributed by atoms with E-state index in [0.29, 0.717) is 47.2 Å². The van der Waals surface area contributed by atoms with Crippen molar-refractivity contribution in [1.29, 1.82) is 0 Å². The molecule has 50 heavy (non-hydrogen) atoms. The minimum absolute atomic E-state index is 0.0167. The molecule has 3 heterocycles. The maximum atomic E-state index is 14.3. The Balaban J connectivity index is 1.34. The van der Waals surface area contributed by atoms with Crippen LogP contribution in [0.3, 0.4) is 0 Å². The van der Waals surface area contributed by atoms with Gasteiger partial charge in [-0.05, 0) is 56.1 Å². The Hall–Kier alpha value is -4.11. The van der Waals surface area contributed by atoms with Crippen LogP contribution in [0.2, 0.25) is 5.02 Å². The quantitative estimate of drug-likeness (QED) is 0.307. The number of hydrogen-bond acceptors (Lipinski definition) is 9. The van der Waals surface area contributed by atoms with Crippen LogP contribution in [-0.2, 0) is 24.4 Å². The van der Waals surface area contributed by atoms with Crippen LogP contribution in [0, 0.1) is 17.8 Å². The number of pyridine rings is 1. The molecular formula is C34H42ClN5O9S. The van der Waals surface area contributed by atoms with E-state index in [1.165, 1.54) is 18.2 Å². The molecule has 1 aromatic heterocycles. The van der Waals surface area contributed by atoms with Gasteiger partial charge in [0.15, 0.2) is 0 Å². The standard InChI is InChI=1S/C34H42ClN5O9S/c1-18-6-4-7-19(2)28(37-33(44)45)31(42)40-17-21(49-30-23-8-5-9-24(35)27(23)26(48-3)16-36-30)14-25(40)29(41)38-34(15-20(34)11-10-18)32(43)39-50(46,47)22-12-13-22/h5,8-11,16,18-22,25,28,37H,4,6-7,12-15,17H2,1-3H3,(H,38,41)(H,39,43)(H,44,45)/b11-10-/t18-,19-,20-,21-,25+,28+,34-/m1/s1. The summed E-state index contributed by atoms with van der Waals surface area (Å²) in [7, 11) is -2.42. The second kappa shape index (κ2) is 13.9. The summed E-state index contributed by atoms with van der Waals surface area (Å²) in [4.78, 5) is 59.8. The zero-order chi connectivity index (χ0) is 36.0. The fourth-order valence-corrected chi connectivity index (χ4v) is 8.69. The summed E-state index contributed by atoms with van der Waals surface area (Å²) >= 11 is 6.49. The number of hydrogen-bond donors (Lipinski definition) is 4. The second-order valence-electron chi connectivity index (χ2n) is 13.9. The molecule has 6 rings (SSSR count). The van der Waals surface area contributed by atoms with E-state index in [1.54, 1.807) is 25.1 Å². The minimum Gasteiger partial charge on any atom is -0.494 e. The van der Waals surface area contributed by atoms with Gasteiger partial charge in [0.05, 0.1) is 30.1 Å². The lowest BCUT2D eigenvalue weighted by Crippen LogP contribution is -2.59. The van der Waals surface area contributed by atoms with E-state index in [0.717, 1.165) is 6.42 Å². The Morgan fingerprint density at radius 3 is 2.60 bits per heavy atom. The van der Waals surface area contributed by atoms with Gasteiger partial charge >= 0.3 is 6.09 Å². The van der Waals surface area contributed by atoms with Crippen LogP contribution in [-0.4, -0.2) is 89.9 Å². The van der Waals surface area contributed by atoms with Crippen LogP contribution in [0.25, 0.3) is 10.8 Å². The number of carbonyl (C=O) groups is 4. The summed E-state index contributed by atoms with van der Waals surface area (Å²) in [6, 6.07) is 2.85. The highest BCUT2D eigenvalue weighted by atomic mass is 35.5. The third-order valence-electron chi connectivity index (χ3n) is 10.2. The van der Waals surface area contributed by atoms with Crippen LogP contribution >= 0.6 is 11.6 Å². The third kappa shape index (κ3) is 7.20. The van der Waals surface area contributed by atoms with Gasteiger partial charge in [0.2, 0.25) is 27.7 Å². The number of fused-ring (bicyclic) bond motifs is 3. The molecule has 4 amide bonds. The normalized spacial score (nSPS) is 30.9. The molecule has 2 aliphatic carbocycles. The van der Waals surface area contributed by atoms with Crippen molar-refractivity contribution in [2.75, 3.05) is 13.7 Å². The number of carboxylic acid groups (broad SMARTS) is 1. The minimum atomic E-state index is -3.91. The number of carbonyl (C=O) groups excluding carboxylic acids is 3. The van der Waals surface area contributed by atoms with Gasteiger partial charge in [0, 0.05) is 23.1 Å². The number of aromatic nitrogens is 1. The number of benzene rings is 1. The van der Waals surface area contributed by atoms with Gasteiger partial charge in [0.1, 0.15) is 29.5 Å². The van der Waals surface area contributed by atoms with Gasteiger partial charge in [-0.1, -0.05) is 50.1 Å². The topological polar surface area (TPSA) is 193 Å². The fraction of sp³-hybridized carbons (Fsp3) is 0.559. The van der Waals surface area contributed by atoms with Crippen molar-refractivity contribution in [3.63, 3.8) is 0 Å². The van der Waals surface area contributed by atoms with Gasteiger partial charge in [-0.25, -0.2) is 18.2 Å². The smallest absolute Gasteiger partial charge is 0.405 e. The lowest BCUT2D eigenvalue weighted by molar-refractivity contribution is -0.142. The molecule has 0 spiro atoms. The van der Waals surface area contributed by atoms with E-state index in [4.69, 9.17) is 21.1 Å². The molecule has 0 radical (unpaired) electrons. The lowest BCUT2D eigenvalue weighted by Gasteiger charge is -2.31. The summed E-state index contributed by atoms with van der Waals surface area (Å²) in [5, 5.41) is 15.8. The van der Waals surface area contributed by atoms with Gasteiger partial charge in [-0.2, -0.15) is 0 Å². The number of nitrogens with one attached hydrogen (secondary N) is 3. The maximum absolute atomic E-state index is 14.3. The summed E-state index contributed by atoms with van der Waals surface area (Å²) in [5.41, 5.74) is -1.54. The number of amides is 4. The predicted octanol–water partition coefficient (Wildman–Crippen LogP) is 3.38. The van der Waals surface area contributed by atoms with E-state index in [2.05, 4.69) is 20.3 Å². The van der Waals surface area contributed by atoms with Gasteiger partial charge in [-0.3, -0.25) is 19.1 Å². The molecule has 1 saturated heterocycles. The van der Waals surface area contributed by atoms with E-state index in [9.17, 15) is 32.7 Å². The summed E-state index contributed by atoms with van der Waals surface area (Å²) in [5.74, 6) is -2.28. The summed E-state index contributed by atoms with van der Waals surface area (Å²) in [6.45, 7) is 3.71. The van der Waals surface area contributed by atoms with Crippen molar-refractivity contribution in [2.45, 2.75) is 87.8 Å². The molecule has 270 valence electrons. The molecule has 14 nitrogen and oxygen atoms in total. The highest BCUT2D eigenvalue weighted by Crippen LogP contribution is 2.46. The van der Waals surface area contributed by atoms with E-state index < -0.39 is 74.7 Å². The number of nitrogens with zero attached hydrogens (tertiary/aromatic N) is 2. The molecular weight excluding hydrogens is 690 g/mol. The Morgan fingerprint density at radius 2 is 1.90 bits per heavy atom. The molecule has 4 N–H and O–H groups in total. The van der Waals surface area contributed by atoms with E-state index in [1.807, 2.05) is 19.1 Å². The molecule has 3 fully saturated rings. The molecule has 1 aromatic carbocycles. The van der Waals surface area contributed by atoms with Gasteiger partial charge in [0.25, 0.3) is 5.91 Å². The van der Waals surface area contributed by atoms with E-state index in [-0.39, 0.29) is 31.2 Å². The number of allylic oxidation sites excluding steroid dienone is 1. The SMILES string of the molecule is COc1cnc(O[C@@H]2C[C@H]3C(=O)N[C@]4(C(=O)NS(=O)(=O)C5CC5)C[C@H]4/C=C\[C@H](C)CCC[C@@H](C)[C@H](NC(=O)O)C(=O)N3C2)c2cccc(Cl)c12. The van der Waals surface area contributed by atoms with Gasteiger partial charge in [-0.15, -0.1) is 0 Å². The zero-order valence-electron chi connectivity index (χ0n) is 28.1. The molecule has 2 aromatic rings. The Kier molecular flexibility index (Phi) is 9.92. The van der Waals surface area contributed by atoms with Crippen molar-refractivity contribution < 1.29 is 42.2 Å². The molecule has 0 unspecified atom stereocenters. The van der Waals surface area contributed by atoms with Crippen molar-refractivity contribution in [1.82, 2.24) is 25.2 Å².